The van der Waals surface area contributed by atoms with Gasteiger partial charge in [-0.25, -0.2) is 9.59 Å². The van der Waals surface area contributed by atoms with Crippen molar-refractivity contribution < 1.29 is 44.1 Å². The Morgan fingerprint density at radius 1 is 0.674 bits per heavy atom. The van der Waals surface area contributed by atoms with E-state index in [1.165, 1.54) is 57.8 Å². The monoisotopic (exact) mass is 610 g/mol. The van der Waals surface area contributed by atoms with Crippen molar-refractivity contribution in [3.63, 3.8) is 0 Å². The van der Waals surface area contributed by atoms with Gasteiger partial charge in [0, 0.05) is 19.3 Å². The minimum absolute atomic E-state index is 0.0191. The van der Waals surface area contributed by atoms with Crippen LogP contribution < -0.4 is 10.6 Å². The number of hydrogen-bond donors (Lipinski definition) is 5. The average molecular weight is 611 g/mol. The van der Waals surface area contributed by atoms with Crippen molar-refractivity contribution >= 4 is 35.5 Å². The maximum atomic E-state index is 13.2. The van der Waals surface area contributed by atoms with Crippen molar-refractivity contribution in [1.29, 1.82) is 0 Å². The van der Waals surface area contributed by atoms with Crippen LogP contribution in [0, 0.1) is 5.92 Å². The molecule has 3 atom stereocenters. The number of carboxylic acids is 3. The van der Waals surface area contributed by atoms with E-state index in [0.717, 1.165) is 44.9 Å². The van der Waals surface area contributed by atoms with Crippen LogP contribution >= 0.6 is 0 Å². The first-order valence-electron chi connectivity index (χ1n) is 16.4. The topological polar surface area (TPSA) is 187 Å². The lowest BCUT2D eigenvalue weighted by molar-refractivity contribution is -0.147. The Balaban J connectivity index is 2.91. The van der Waals surface area contributed by atoms with Crippen molar-refractivity contribution in [3.05, 3.63) is 0 Å². The van der Waals surface area contributed by atoms with Gasteiger partial charge in [0.25, 0.3) is 0 Å². The van der Waals surface area contributed by atoms with E-state index in [4.69, 9.17) is 5.11 Å². The summed E-state index contributed by atoms with van der Waals surface area (Å²) in [5, 5.41) is 32.8. The predicted molar refractivity (Wildman–Crippen MR) is 161 cm³/mol. The number of nitrogens with one attached hydrogen (secondary N) is 2. The molecule has 1 rings (SSSR count). The SMILES string of the molecule is O=C(O)CC[C@H](NC(=O)C1C[C@@H](C(=O)O)NC(=O)CCCCCCCCCCCCCCCCCCCCC1=O)C(=O)O. The van der Waals surface area contributed by atoms with E-state index < -0.39 is 72.8 Å². The number of ketones is 1. The Morgan fingerprint density at radius 3 is 1.49 bits per heavy atom. The Hall–Kier alpha value is -2.98. The second-order valence-corrected chi connectivity index (χ2v) is 11.9. The summed E-state index contributed by atoms with van der Waals surface area (Å²) in [7, 11) is 0. The smallest absolute Gasteiger partial charge is 0.326 e. The highest BCUT2D eigenvalue weighted by molar-refractivity contribution is 6.03. The summed E-state index contributed by atoms with van der Waals surface area (Å²) < 4.78 is 0. The van der Waals surface area contributed by atoms with Crippen molar-refractivity contribution in [2.45, 2.75) is 160 Å². The summed E-state index contributed by atoms with van der Waals surface area (Å²) in [6.45, 7) is 0. The zero-order chi connectivity index (χ0) is 31.9. The van der Waals surface area contributed by atoms with Crippen LogP contribution in [0.1, 0.15) is 148 Å². The lowest BCUT2D eigenvalue weighted by Crippen LogP contribution is -2.49. The van der Waals surface area contributed by atoms with Crippen LogP contribution in [0.2, 0.25) is 0 Å². The minimum Gasteiger partial charge on any atom is -0.481 e. The maximum Gasteiger partial charge on any atom is 0.326 e. The Morgan fingerprint density at radius 2 is 1.09 bits per heavy atom. The molecule has 0 saturated carbocycles. The largest absolute Gasteiger partial charge is 0.481 e. The number of aliphatic carboxylic acids is 3. The summed E-state index contributed by atoms with van der Waals surface area (Å²) >= 11 is 0. The predicted octanol–water partition coefficient (Wildman–Crippen LogP) is 5.38. The molecule has 0 aromatic heterocycles. The standard InChI is InChI=1S/C32H54N2O9/c35-27-19-17-15-13-11-9-7-5-3-1-2-4-6-8-10-12-14-16-18-20-28(36)33-26(32(42)43)23-24(27)30(39)34-25(31(40)41)21-22-29(37)38/h24-26H,1-23H2,(H,33,36)(H,34,39)(H,37,38)(H,40,41)(H,42,43)/t24?,25-,26-/m0/s1. The fourth-order valence-electron chi connectivity index (χ4n) is 5.49. The van der Waals surface area contributed by atoms with Crippen LogP contribution in [-0.2, 0) is 28.8 Å². The van der Waals surface area contributed by atoms with Crippen LogP contribution in [0.15, 0.2) is 0 Å². The quantitative estimate of drug-likeness (QED) is 0.236. The Labute approximate surface area is 255 Å². The Bertz CT molecular complexity index is 877. The molecule has 2 amide bonds. The molecule has 1 aliphatic heterocycles. The highest BCUT2D eigenvalue weighted by Crippen LogP contribution is 2.18. The number of carbonyl (C=O) groups excluding carboxylic acids is 3. The van der Waals surface area contributed by atoms with Gasteiger partial charge in [-0.15, -0.1) is 0 Å². The highest BCUT2D eigenvalue weighted by Gasteiger charge is 2.35. The van der Waals surface area contributed by atoms with Gasteiger partial charge < -0.3 is 26.0 Å². The molecule has 0 radical (unpaired) electrons. The third kappa shape index (κ3) is 19.0. The molecule has 1 saturated heterocycles. The van der Waals surface area contributed by atoms with Gasteiger partial charge in [0.05, 0.1) is 5.92 Å². The number of Topliss-reactive ketones (excluding diaryl/α,β-unsaturated/α-hetero) is 1. The summed E-state index contributed by atoms with van der Waals surface area (Å²) in [6.07, 6.45) is 17.9. The van der Waals surface area contributed by atoms with E-state index in [2.05, 4.69) is 10.6 Å². The zero-order valence-corrected chi connectivity index (χ0v) is 25.8. The van der Waals surface area contributed by atoms with Gasteiger partial charge in [0.15, 0.2) is 0 Å². The molecule has 0 aliphatic carbocycles. The fraction of sp³-hybridized carbons (Fsp3) is 0.812. The average Bonchev–Trinajstić information content (AvgIpc) is 2.95. The number of carbonyl (C=O) groups is 6. The highest BCUT2D eigenvalue weighted by atomic mass is 16.4. The normalized spacial score (nSPS) is 22.9. The molecular formula is C32H54N2O9. The Kier molecular flexibility index (Phi) is 20.8. The first kappa shape index (κ1) is 38.0. The number of carboxylic acid groups (broad SMARTS) is 3. The molecule has 246 valence electrons. The molecule has 0 aromatic carbocycles. The van der Waals surface area contributed by atoms with E-state index in [-0.39, 0.29) is 12.8 Å². The van der Waals surface area contributed by atoms with E-state index in [0.29, 0.717) is 12.8 Å². The van der Waals surface area contributed by atoms with E-state index in [1.807, 2.05) is 0 Å². The lowest BCUT2D eigenvalue weighted by Gasteiger charge is -2.23. The van der Waals surface area contributed by atoms with Gasteiger partial charge >= 0.3 is 17.9 Å². The summed E-state index contributed by atoms with van der Waals surface area (Å²) in [6, 6.07) is -3.06. The van der Waals surface area contributed by atoms with E-state index in [9.17, 15) is 39.0 Å². The van der Waals surface area contributed by atoms with Gasteiger partial charge in [-0.05, 0) is 25.7 Å². The molecule has 0 bridgehead atoms. The molecule has 1 unspecified atom stereocenters. The van der Waals surface area contributed by atoms with Gasteiger partial charge in [-0.3, -0.25) is 19.2 Å². The molecule has 1 aliphatic rings. The van der Waals surface area contributed by atoms with Crippen molar-refractivity contribution in [3.8, 4) is 0 Å². The summed E-state index contributed by atoms with van der Waals surface area (Å²) in [5.41, 5.74) is 0. The van der Waals surface area contributed by atoms with Gasteiger partial charge in [-0.1, -0.05) is 103 Å². The lowest BCUT2D eigenvalue weighted by atomic mass is 9.90. The molecule has 0 aromatic rings. The van der Waals surface area contributed by atoms with Crippen LogP contribution in [-0.4, -0.2) is 62.9 Å². The molecule has 1 fully saturated rings. The maximum absolute atomic E-state index is 13.2. The minimum atomic E-state index is -1.55. The molecule has 0 spiro atoms. The van der Waals surface area contributed by atoms with Crippen LogP contribution in [0.3, 0.4) is 0 Å². The van der Waals surface area contributed by atoms with Gasteiger partial charge in [0.1, 0.15) is 17.9 Å². The number of amides is 2. The summed E-state index contributed by atoms with van der Waals surface area (Å²) in [4.78, 5) is 73.4. The molecule has 11 heteroatoms. The third-order valence-electron chi connectivity index (χ3n) is 8.15. The van der Waals surface area contributed by atoms with Crippen molar-refractivity contribution in [1.82, 2.24) is 10.6 Å². The van der Waals surface area contributed by atoms with E-state index in [1.54, 1.807) is 0 Å². The molecule has 11 nitrogen and oxygen atoms in total. The van der Waals surface area contributed by atoms with Crippen LogP contribution in [0.25, 0.3) is 0 Å². The van der Waals surface area contributed by atoms with Crippen LogP contribution in [0.5, 0.6) is 0 Å². The first-order chi connectivity index (χ1) is 20.6. The third-order valence-corrected chi connectivity index (χ3v) is 8.15. The first-order valence-corrected chi connectivity index (χ1v) is 16.4. The zero-order valence-electron chi connectivity index (χ0n) is 25.8. The fourth-order valence-corrected chi connectivity index (χ4v) is 5.49. The van der Waals surface area contributed by atoms with Crippen LogP contribution in [0.4, 0.5) is 0 Å². The summed E-state index contributed by atoms with van der Waals surface area (Å²) in [5.74, 6) is -7.57. The molecular weight excluding hydrogens is 556 g/mol. The van der Waals surface area contributed by atoms with E-state index >= 15 is 0 Å². The second kappa shape index (κ2) is 23.5. The number of rotatable bonds is 7. The van der Waals surface area contributed by atoms with Crippen molar-refractivity contribution in [2.24, 2.45) is 5.92 Å². The molecule has 5 N–H and O–H groups in total. The molecule has 43 heavy (non-hydrogen) atoms. The van der Waals surface area contributed by atoms with Crippen molar-refractivity contribution in [2.75, 3.05) is 0 Å². The van der Waals surface area contributed by atoms with Gasteiger partial charge in [0.2, 0.25) is 11.8 Å². The van der Waals surface area contributed by atoms with Gasteiger partial charge in [-0.2, -0.15) is 0 Å². The molecule has 1 heterocycles. The number of hydrogen-bond acceptors (Lipinski definition) is 6. The second-order valence-electron chi connectivity index (χ2n) is 11.9.